The molecule has 0 atom stereocenters. The average molecular weight is 419 g/mol. The highest BCUT2D eigenvalue weighted by atomic mass is 35.5. The van der Waals surface area contributed by atoms with Crippen LogP contribution < -0.4 is 10.6 Å². The summed E-state index contributed by atoms with van der Waals surface area (Å²) in [4.78, 5) is 13.2. The molecule has 0 heterocycles. The molecule has 8 heteroatoms. The van der Waals surface area contributed by atoms with E-state index in [0.29, 0.717) is 44.6 Å². The number of halogens is 1. The van der Waals surface area contributed by atoms with Gasteiger partial charge in [0.15, 0.2) is 14.6 Å². The van der Waals surface area contributed by atoms with Gasteiger partial charge in [0.2, 0.25) is 5.91 Å². The van der Waals surface area contributed by atoms with Crippen molar-refractivity contribution in [3.05, 3.63) is 29.3 Å². The molecule has 0 saturated heterocycles. The van der Waals surface area contributed by atoms with Gasteiger partial charge < -0.3 is 15.4 Å². The van der Waals surface area contributed by atoms with E-state index in [2.05, 4.69) is 10.6 Å². The number of hydrogen-bond donors (Lipinski definition) is 2. The van der Waals surface area contributed by atoms with Gasteiger partial charge in [0.1, 0.15) is 0 Å². The molecule has 1 aromatic carbocycles. The molecule has 2 rings (SSSR count). The number of hydrogen-bond acceptors (Lipinski definition) is 5. The molecule has 0 spiro atoms. The summed E-state index contributed by atoms with van der Waals surface area (Å²) in [5.41, 5.74) is 1.57. The zero-order valence-corrected chi connectivity index (χ0v) is 18.0. The minimum absolute atomic E-state index is 0. The van der Waals surface area contributed by atoms with Gasteiger partial charge in [0.05, 0.1) is 11.5 Å². The predicted octanol–water partition coefficient (Wildman–Crippen LogP) is 2.16. The van der Waals surface area contributed by atoms with Crippen molar-refractivity contribution < 1.29 is 17.9 Å². The van der Waals surface area contributed by atoms with Gasteiger partial charge >= 0.3 is 0 Å². The Hall–Kier alpha value is -1.15. The van der Waals surface area contributed by atoms with E-state index in [4.69, 9.17) is 4.74 Å². The smallest absolute Gasteiger partial charge is 0.241 e. The summed E-state index contributed by atoms with van der Waals surface area (Å²) >= 11 is 0. The molecule has 0 aliphatic heterocycles. The Bertz CT molecular complexity index is 731. The SMILES string of the molecule is COCCNCCNC(=O)C1(S(=O)(=O)c2cc(C)ccc2C)CCCC1.Cl. The number of benzene rings is 1. The van der Waals surface area contributed by atoms with Crippen molar-refractivity contribution in [1.29, 1.82) is 0 Å². The quantitative estimate of drug-likeness (QED) is 0.600. The molecule has 0 bridgehead atoms. The van der Waals surface area contributed by atoms with Crippen LogP contribution in [0, 0.1) is 13.8 Å². The molecule has 1 fully saturated rings. The minimum atomic E-state index is -3.76. The lowest BCUT2D eigenvalue weighted by Crippen LogP contribution is -2.51. The Morgan fingerprint density at radius 2 is 1.81 bits per heavy atom. The van der Waals surface area contributed by atoms with Crippen LogP contribution in [0.15, 0.2) is 23.1 Å². The first-order chi connectivity index (χ1) is 12.3. The summed E-state index contributed by atoms with van der Waals surface area (Å²) in [6.45, 7) is 5.91. The molecule has 1 aliphatic rings. The molecule has 1 saturated carbocycles. The Morgan fingerprint density at radius 1 is 1.15 bits per heavy atom. The molecule has 2 N–H and O–H groups in total. The third-order valence-corrected chi connectivity index (χ3v) is 7.68. The molecular weight excluding hydrogens is 388 g/mol. The van der Waals surface area contributed by atoms with Crippen LogP contribution >= 0.6 is 12.4 Å². The van der Waals surface area contributed by atoms with Crippen LogP contribution in [0.4, 0.5) is 0 Å². The summed E-state index contributed by atoms with van der Waals surface area (Å²) in [5.74, 6) is -0.371. The third kappa shape index (κ3) is 5.22. The second kappa shape index (κ2) is 10.4. The van der Waals surface area contributed by atoms with E-state index in [1.807, 2.05) is 19.1 Å². The van der Waals surface area contributed by atoms with Crippen LogP contribution in [0.5, 0.6) is 0 Å². The number of carbonyl (C=O) groups excluding carboxylic acids is 1. The van der Waals surface area contributed by atoms with Crippen LogP contribution in [0.1, 0.15) is 36.8 Å². The second-order valence-electron chi connectivity index (χ2n) is 6.97. The highest BCUT2D eigenvalue weighted by Gasteiger charge is 2.53. The van der Waals surface area contributed by atoms with Crippen molar-refractivity contribution in [3.8, 4) is 0 Å². The summed E-state index contributed by atoms with van der Waals surface area (Å²) in [6, 6.07) is 5.38. The van der Waals surface area contributed by atoms with E-state index < -0.39 is 14.6 Å². The Morgan fingerprint density at radius 3 is 2.44 bits per heavy atom. The van der Waals surface area contributed by atoms with Crippen LogP contribution in [-0.2, 0) is 19.4 Å². The number of nitrogens with one attached hydrogen (secondary N) is 2. The lowest BCUT2D eigenvalue weighted by molar-refractivity contribution is -0.123. The molecule has 0 aromatic heterocycles. The van der Waals surface area contributed by atoms with Crippen molar-refractivity contribution in [3.63, 3.8) is 0 Å². The van der Waals surface area contributed by atoms with E-state index >= 15 is 0 Å². The van der Waals surface area contributed by atoms with E-state index in [0.717, 1.165) is 18.4 Å². The van der Waals surface area contributed by atoms with Gasteiger partial charge in [-0.15, -0.1) is 12.4 Å². The number of rotatable bonds is 9. The largest absolute Gasteiger partial charge is 0.383 e. The van der Waals surface area contributed by atoms with Gasteiger partial charge in [-0.1, -0.05) is 25.0 Å². The van der Waals surface area contributed by atoms with E-state index in [1.54, 1.807) is 20.1 Å². The fourth-order valence-corrected chi connectivity index (χ4v) is 5.89. The van der Waals surface area contributed by atoms with Gasteiger partial charge in [-0.3, -0.25) is 4.79 Å². The fourth-order valence-electron chi connectivity index (χ4n) is 3.50. The Balaban J connectivity index is 0.00000364. The van der Waals surface area contributed by atoms with Crippen molar-refractivity contribution >= 4 is 28.2 Å². The van der Waals surface area contributed by atoms with E-state index in [1.165, 1.54) is 0 Å². The maximum atomic E-state index is 13.5. The average Bonchev–Trinajstić information content (AvgIpc) is 3.11. The maximum absolute atomic E-state index is 13.5. The normalized spacial score (nSPS) is 16.0. The standard InChI is InChI=1S/C19H30N2O4S.ClH/c1-15-6-7-16(2)17(14-15)26(23,24)19(8-4-5-9-19)18(22)21-11-10-20-12-13-25-3;/h6-7,14,20H,4-5,8-13H2,1-3H3,(H,21,22);1H. The lowest BCUT2D eigenvalue weighted by Gasteiger charge is -2.28. The summed E-state index contributed by atoms with van der Waals surface area (Å²) in [5, 5.41) is 5.97. The number of ether oxygens (including phenoxy) is 1. The zero-order chi connectivity index (χ0) is 19.2. The molecule has 1 aromatic rings. The summed E-state index contributed by atoms with van der Waals surface area (Å²) in [7, 11) is -2.13. The first-order valence-electron chi connectivity index (χ1n) is 9.15. The molecule has 1 amide bonds. The van der Waals surface area contributed by atoms with E-state index in [-0.39, 0.29) is 23.2 Å². The Labute approximate surface area is 168 Å². The monoisotopic (exact) mass is 418 g/mol. The molecule has 1 aliphatic carbocycles. The topological polar surface area (TPSA) is 84.5 Å². The Kier molecular flexibility index (Phi) is 9.21. The number of methoxy groups -OCH3 is 1. The van der Waals surface area contributed by atoms with E-state index in [9.17, 15) is 13.2 Å². The summed E-state index contributed by atoms with van der Waals surface area (Å²) < 4.78 is 30.5. The van der Waals surface area contributed by atoms with Gasteiger partial charge in [-0.2, -0.15) is 0 Å². The minimum Gasteiger partial charge on any atom is -0.383 e. The maximum Gasteiger partial charge on any atom is 0.241 e. The molecule has 0 radical (unpaired) electrons. The van der Waals surface area contributed by atoms with Crippen LogP contribution in [-0.4, -0.2) is 52.4 Å². The number of aryl methyl sites for hydroxylation is 2. The first kappa shape index (κ1) is 23.9. The third-order valence-electron chi connectivity index (χ3n) is 5.04. The highest BCUT2D eigenvalue weighted by molar-refractivity contribution is 7.93. The molecular formula is C19H31ClN2O4S. The van der Waals surface area contributed by atoms with Crippen molar-refractivity contribution in [2.75, 3.05) is 33.4 Å². The van der Waals surface area contributed by atoms with Gasteiger partial charge in [0.25, 0.3) is 0 Å². The van der Waals surface area contributed by atoms with Crippen molar-refractivity contribution in [1.82, 2.24) is 10.6 Å². The number of carbonyl (C=O) groups is 1. The molecule has 6 nitrogen and oxygen atoms in total. The van der Waals surface area contributed by atoms with Crippen LogP contribution in [0.3, 0.4) is 0 Å². The molecule has 27 heavy (non-hydrogen) atoms. The number of amides is 1. The van der Waals surface area contributed by atoms with Gasteiger partial charge in [-0.25, -0.2) is 8.42 Å². The zero-order valence-electron chi connectivity index (χ0n) is 16.3. The molecule has 0 unspecified atom stereocenters. The fraction of sp³-hybridized carbons (Fsp3) is 0.632. The van der Waals surface area contributed by atoms with Crippen molar-refractivity contribution in [2.24, 2.45) is 0 Å². The van der Waals surface area contributed by atoms with Gasteiger partial charge in [-0.05, 0) is 43.9 Å². The van der Waals surface area contributed by atoms with Gasteiger partial charge in [0, 0.05) is 26.7 Å². The highest BCUT2D eigenvalue weighted by Crippen LogP contribution is 2.41. The number of sulfone groups is 1. The molecule has 154 valence electrons. The van der Waals surface area contributed by atoms with Crippen LogP contribution in [0.2, 0.25) is 0 Å². The van der Waals surface area contributed by atoms with Crippen molar-refractivity contribution in [2.45, 2.75) is 49.2 Å². The lowest BCUT2D eigenvalue weighted by atomic mass is 10.1. The predicted molar refractivity (Wildman–Crippen MR) is 109 cm³/mol. The van der Waals surface area contributed by atoms with Crippen LogP contribution in [0.25, 0.3) is 0 Å². The second-order valence-corrected chi connectivity index (χ2v) is 9.20. The summed E-state index contributed by atoms with van der Waals surface area (Å²) in [6.07, 6.45) is 2.27. The first-order valence-corrected chi connectivity index (χ1v) is 10.6.